The van der Waals surface area contributed by atoms with Gasteiger partial charge in [-0.15, -0.1) is 0 Å². The Labute approximate surface area is 450 Å². The van der Waals surface area contributed by atoms with E-state index in [2.05, 4.69) is 130 Å². The van der Waals surface area contributed by atoms with Gasteiger partial charge in [-0.1, -0.05) is 259 Å². The molecule has 0 aromatic heterocycles. The molecule has 0 heterocycles. The number of hydrogen-bond donors (Lipinski definition) is 0. The fourth-order valence-electron chi connectivity index (χ4n) is 8.22. The zero-order valence-corrected chi connectivity index (χ0v) is 47.6. The minimum absolute atomic E-state index is 0.0838. The molecule has 1 atom stereocenters. The normalized spacial score (nSPS) is 12.9. The number of unbranched alkanes of at least 4 members (excludes halogenated alkanes) is 25. The quantitative estimate of drug-likeness (QED) is 0.0261. The van der Waals surface area contributed by atoms with Crippen molar-refractivity contribution in [2.45, 2.75) is 284 Å². The SMILES string of the molecule is CC/C=C\C/C=C\C/C=C\C/C=C\C/C=C\C/C=C\C/C=C\CCCCCCCCCC(=O)OCC(COC(=O)CCCCCCCCCCC)OC(=O)CCCCCCCCC/C=C\C/C=C\CCCCC. The lowest BCUT2D eigenvalue weighted by Crippen LogP contribution is -2.30. The number of ether oxygens (including phenoxy) is 3. The van der Waals surface area contributed by atoms with Gasteiger partial charge in [0.2, 0.25) is 0 Å². The molecule has 0 spiro atoms. The molecule has 6 heteroatoms. The van der Waals surface area contributed by atoms with Crippen molar-refractivity contribution >= 4 is 17.9 Å². The lowest BCUT2D eigenvalue weighted by atomic mass is 10.1. The van der Waals surface area contributed by atoms with Crippen LogP contribution in [0, 0.1) is 0 Å². The fourth-order valence-corrected chi connectivity index (χ4v) is 8.22. The first-order valence-electron chi connectivity index (χ1n) is 30.4. The minimum atomic E-state index is -0.786. The van der Waals surface area contributed by atoms with Crippen molar-refractivity contribution in [3.63, 3.8) is 0 Å². The Hall–Kier alpha value is -3.93. The summed E-state index contributed by atoms with van der Waals surface area (Å²) in [6.07, 6.45) is 82.3. The molecule has 0 aliphatic carbocycles. The van der Waals surface area contributed by atoms with Crippen LogP contribution < -0.4 is 0 Å². The van der Waals surface area contributed by atoms with Crippen molar-refractivity contribution in [2.75, 3.05) is 13.2 Å². The van der Waals surface area contributed by atoms with Crippen molar-refractivity contribution in [1.29, 1.82) is 0 Å². The van der Waals surface area contributed by atoms with Crippen LogP contribution >= 0.6 is 0 Å². The van der Waals surface area contributed by atoms with Gasteiger partial charge in [-0.25, -0.2) is 0 Å². The molecule has 73 heavy (non-hydrogen) atoms. The summed E-state index contributed by atoms with van der Waals surface area (Å²) in [5.41, 5.74) is 0. The molecule has 0 aliphatic heterocycles. The number of allylic oxidation sites excluding steroid dienone is 18. The summed E-state index contributed by atoms with van der Waals surface area (Å²) in [6.45, 7) is 6.47. The second kappa shape index (κ2) is 60.6. The molecule has 0 rings (SSSR count). The van der Waals surface area contributed by atoms with E-state index in [4.69, 9.17) is 14.2 Å². The van der Waals surface area contributed by atoms with Crippen molar-refractivity contribution in [1.82, 2.24) is 0 Å². The third-order valence-electron chi connectivity index (χ3n) is 12.8. The van der Waals surface area contributed by atoms with Crippen LogP contribution in [-0.4, -0.2) is 37.2 Å². The number of esters is 3. The smallest absolute Gasteiger partial charge is 0.306 e. The number of rotatable bonds is 54. The van der Waals surface area contributed by atoms with Crippen molar-refractivity contribution in [3.8, 4) is 0 Å². The molecule has 6 nitrogen and oxygen atoms in total. The lowest BCUT2D eigenvalue weighted by Gasteiger charge is -2.18. The molecule has 0 radical (unpaired) electrons. The second-order valence-corrected chi connectivity index (χ2v) is 19.9. The molecule has 416 valence electrons. The predicted octanol–water partition coefficient (Wildman–Crippen LogP) is 20.7. The molecule has 0 aromatic carbocycles. The number of carbonyl (C=O) groups excluding carboxylic acids is 3. The molecule has 0 N–H and O–H groups in total. The third kappa shape index (κ3) is 58.8. The van der Waals surface area contributed by atoms with Gasteiger partial charge in [0.05, 0.1) is 0 Å². The molecule has 1 unspecified atom stereocenters. The molecular weight excluding hydrogens is 901 g/mol. The van der Waals surface area contributed by atoms with Crippen LogP contribution in [0.3, 0.4) is 0 Å². The van der Waals surface area contributed by atoms with E-state index in [1.165, 1.54) is 116 Å². The Kier molecular flexibility index (Phi) is 57.4. The maximum absolute atomic E-state index is 12.8. The standard InChI is InChI=1S/C67H112O6/c1-4-7-10-13-16-19-21-23-25-27-28-29-30-31-32-33-34-35-36-37-38-40-41-43-45-48-51-54-57-60-66(69)72-63-64(62-71-65(68)59-56-53-50-47-18-15-12-9-6-3)73-67(70)61-58-55-52-49-46-44-42-39-26-24-22-20-17-14-11-8-5-2/h7,10,16-17,19-20,23-26,28-29,31-32,34-35,37-38,64H,4-6,8-9,11-15,18,21-22,27,30,33,36,39-63H2,1-3H3/b10-7-,19-16-,20-17-,25-23-,26-24-,29-28-,32-31-,35-34-,38-37-. The Morgan fingerprint density at radius 3 is 0.863 bits per heavy atom. The Morgan fingerprint density at radius 2 is 0.534 bits per heavy atom. The highest BCUT2D eigenvalue weighted by Gasteiger charge is 2.19. The van der Waals surface area contributed by atoms with E-state index in [-0.39, 0.29) is 31.1 Å². The van der Waals surface area contributed by atoms with Gasteiger partial charge < -0.3 is 14.2 Å². The summed E-state index contributed by atoms with van der Waals surface area (Å²) in [4.78, 5) is 38.1. The summed E-state index contributed by atoms with van der Waals surface area (Å²) in [6, 6.07) is 0. The highest BCUT2D eigenvalue weighted by Crippen LogP contribution is 2.15. The van der Waals surface area contributed by atoms with E-state index in [1.807, 2.05) is 0 Å². The summed E-state index contributed by atoms with van der Waals surface area (Å²) < 4.78 is 16.8. The van der Waals surface area contributed by atoms with E-state index < -0.39 is 6.10 Å². The van der Waals surface area contributed by atoms with E-state index in [1.54, 1.807) is 0 Å². The van der Waals surface area contributed by atoms with Crippen LogP contribution in [0.15, 0.2) is 109 Å². The van der Waals surface area contributed by atoms with Crippen LogP contribution in [0.4, 0.5) is 0 Å². The maximum atomic E-state index is 12.8. The summed E-state index contributed by atoms with van der Waals surface area (Å²) >= 11 is 0. The first-order chi connectivity index (χ1) is 36.0. The van der Waals surface area contributed by atoms with Gasteiger partial charge in [-0.3, -0.25) is 14.4 Å². The maximum Gasteiger partial charge on any atom is 0.306 e. The zero-order chi connectivity index (χ0) is 52.9. The zero-order valence-electron chi connectivity index (χ0n) is 47.6. The second-order valence-electron chi connectivity index (χ2n) is 19.9. The van der Waals surface area contributed by atoms with Crippen molar-refractivity contribution in [2.24, 2.45) is 0 Å². The summed E-state index contributed by atoms with van der Waals surface area (Å²) in [7, 11) is 0. The number of hydrogen-bond acceptors (Lipinski definition) is 6. The van der Waals surface area contributed by atoms with E-state index in [9.17, 15) is 14.4 Å². The summed E-state index contributed by atoms with van der Waals surface area (Å²) in [5, 5.41) is 0. The van der Waals surface area contributed by atoms with Gasteiger partial charge in [-0.2, -0.15) is 0 Å². The Bertz CT molecular complexity index is 1490. The van der Waals surface area contributed by atoms with Gasteiger partial charge in [0.25, 0.3) is 0 Å². The Morgan fingerprint density at radius 1 is 0.288 bits per heavy atom. The van der Waals surface area contributed by atoms with Gasteiger partial charge in [0.1, 0.15) is 13.2 Å². The van der Waals surface area contributed by atoms with E-state index in [0.717, 1.165) is 122 Å². The summed E-state index contributed by atoms with van der Waals surface area (Å²) in [5.74, 6) is -0.903. The molecule has 0 bridgehead atoms. The predicted molar refractivity (Wildman–Crippen MR) is 316 cm³/mol. The van der Waals surface area contributed by atoms with E-state index >= 15 is 0 Å². The van der Waals surface area contributed by atoms with Gasteiger partial charge >= 0.3 is 17.9 Å². The average molecular weight is 1010 g/mol. The number of carbonyl (C=O) groups is 3. The third-order valence-corrected chi connectivity index (χ3v) is 12.8. The molecule has 0 fully saturated rings. The Balaban J connectivity index is 4.26. The van der Waals surface area contributed by atoms with E-state index in [0.29, 0.717) is 19.3 Å². The molecule has 0 amide bonds. The van der Waals surface area contributed by atoms with Gasteiger partial charge in [0.15, 0.2) is 6.10 Å². The highest BCUT2D eigenvalue weighted by atomic mass is 16.6. The fraction of sp³-hybridized carbons (Fsp3) is 0.687. The monoisotopic (exact) mass is 1010 g/mol. The van der Waals surface area contributed by atoms with Crippen LogP contribution in [0.1, 0.15) is 278 Å². The molecule has 0 aromatic rings. The van der Waals surface area contributed by atoms with Crippen LogP contribution in [-0.2, 0) is 28.6 Å². The van der Waals surface area contributed by atoms with Crippen molar-refractivity contribution in [3.05, 3.63) is 109 Å². The largest absolute Gasteiger partial charge is 0.462 e. The molecule has 0 saturated heterocycles. The topological polar surface area (TPSA) is 78.9 Å². The first kappa shape index (κ1) is 69.1. The molecule has 0 aliphatic rings. The van der Waals surface area contributed by atoms with Crippen LogP contribution in [0.5, 0.6) is 0 Å². The van der Waals surface area contributed by atoms with Crippen LogP contribution in [0.2, 0.25) is 0 Å². The minimum Gasteiger partial charge on any atom is -0.462 e. The van der Waals surface area contributed by atoms with Gasteiger partial charge in [0, 0.05) is 19.3 Å². The average Bonchev–Trinajstić information content (AvgIpc) is 3.39. The molecule has 0 saturated carbocycles. The van der Waals surface area contributed by atoms with Crippen LogP contribution in [0.25, 0.3) is 0 Å². The first-order valence-corrected chi connectivity index (χ1v) is 30.4. The van der Waals surface area contributed by atoms with Gasteiger partial charge in [-0.05, 0) is 109 Å². The molecular formula is C67H112O6. The van der Waals surface area contributed by atoms with Crippen molar-refractivity contribution < 1.29 is 28.6 Å². The highest BCUT2D eigenvalue weighted by molar-refractivity contribution is 5.71. The lowest BCUT2D eigenvalue weighted by molar-refractivity contribution is -0.167.